The molecule has 0 fully saturated rings. The fraction of sp³-hybridized carbons (Fsp3) is 0.205. The first-order chi connectivity index (χ1) is 22.2. The Balaban J connectivity index is 1.27. The van der Waals surface area contributed by atoms with Crippen molar-refractivity contribution in [2.75, 3.05) is 0 Å². The molecule has 0 radical (unpaired) electrons. The minimum absolute atomic E-state index is 0.0674. The number of nitrogens with zero attached hydrogens (tertiary/aromatic N) is 4. The maximum atomic E-state index is 14.7. The van der Waals surface area contributed by atoms with Gasteiger partial charge in [0.25, 0.3) is 0 Å². The third-order valence-electron chi connectivity index (χ3n) is 9.53. The second-order valence-electron chi connectivity index (χ2n) is 12.3. The van der Waals surface area contributed by atoms with E-state index in [4.69, 9.17) is 15.0 Å². The van der Waals surface area contributed by atoms with E-state index in [1.165, 1.54) is 28.5 Å². The number of rotatable bonds is 4. The lowest BCUT2D eigenvalue weighted by Crippen LogP contribution is -2.13. The topological polar surface area (TPSA) is 43.6 Å². The molecule has 0 amide bonds. The molecular formula is C39H31FN4S. The quantitative estimate of drug-likeness (QED) is 0.191. The van der Waals surface area contributed by atoms with Gasteiger partial charge >= 0.3 is 0 Å². The second-order valence-corrected chi connectivity index (χ2v) is 13.5. The Bertz CT molecular complexity index is 2170. The number of fused-ring (bicyclic) bond motifs is 6. The molecule has 0 N–H and O–H groups in total. The maximum absolute atomic E-state index is 14.7. The van der Waals surface area contributed by atoms with Gasteiger partial charge in [-0.2, -0.15) is 9.97 Å². The Morgan fingerprint density at radius 3 is 2.69 bits per heavy atom. The highest BCUT2D eigenvalue weighted by molar-refractivity contribution is 8.00. The summed E-state index contributed by atoms with van der Waals surface area (Å²) in [5.41, 5.74) is 6.78. The zero-order valence-corrected chi connectivity index (χ0v) is 25.6. The molecule has 45 heavy (non-hydrogen) atoms. The van der Waals surface area contributed by atoms with Crippen LogP contribution in [0.5, 0.6) is 0 Å². The van der Waals surface area contributed by atoms with Crippen LogP contribution < -0.4 is 0 Å². The minimum Gasteiger partial charge on any atom is -0.278 e. The van der Waals surface area contributed by atoms with Crippen LogP contribution in [-0.2, 0) is 0 Å². The van der Waals surface area contributed by atoms with E-state index in [9.17, 15) is 4.39 Å². The zero-order valence-electron chi connectivity index (χ0n) is 24.7. The molecule has 4 aliphatic rings. The van der Waals surface area contributed by atoms with Crippen LogP contribution >= 0.6 is 11.8 Å². The summed E-state index contributed by atoms with van der Waals surface area (Å²) in [6.45, 7) is 0. The van der Waals surface area contributed by atoms with Gasteiger partial charge in [-0.1, -0.05) is 85.0 Å². The van der Waals surface area contributed by atoms with Gasteiger partial charge in [0.15, 0.2) is 5.82 Å². The van der Waals surface area contributed by atoms with Gasteiger partial charge in [0, 0.05) is 32.8 Å². The summed E-state index contributed by atoms with van der Waals surface area (Å²) >= 11 is 2.03. The standard InChI is InChI=1S/C39H31FN4S/c40-27-19-21-33-32(23-27)29-20-18-26(28-15-9-16-31-30-14-7-8-17-35(30)45-36(28)31)22-34(29)44(33)39-42-37(24-10-3-1-4-11-24)41-38(43-39)25-12-5-2-6-13-25/h1-5,7,9-10,12,14-16,18-24,30,35H,6,8,11,13,17H2. The van der Waals surface area contributed by atoms with Crippen LogP contribution in [0.1, 0.15) is 61.2 Å². The fourth-order valence-electron chi connectivity index (χ4n) is 7.30. The van der Waals surface area contributed by atoms with E-state index < -0.39 is 0 Å². The van der Waals surface area contributed by atoms with E-state index in [-0.39, 0.29) is 11.7 Å². The summed E-state index contributed by atoms with van der Waals surface area (Å²) in [7, 11) is 0. The van der Waals surface area contributed by atoms with Crippen molar-refractivity contribution in [3.05, 3.63) is 132 Å². The second kappa shape index (κ2) is 10.8. The number of hydrogen-bond donors (Lipinski definition) is 0. The summed E-state index contributed by atoms with van der Waals surface area (Å²) in [5, 5.41) is 2.43. The number of aromatic nitrogens is 4. The van der Waals surface area contributed by atoms with Crippen LogP contribution in [0.25, 0.3) is 44.5 Å². The Labute approximate surface area is 265 Å². The molecule has 0 spiro atoms. The highest BCUT2D eigenvalue weighted by atomic mass is 32.2. The number of halogens is 1. The van der Waals surface area contributed by atoms with Crippen molar-refractivity contribution < 1.29 is 4.39 Å². The van der Waals surface area contributed by atoms with Gasteiger partial charge < -0.3 is 0 Å². The maximum Gasteiger partial charge on any atom is 0.238 e. The summed E-state index contributed by atoms with van der Waals surface area (Å²) in [6, 6.07) is 18.3. The van der Waals surface area contributed by atoms with Crippen molar-refractivity contribution in [2.24, 2.45) is 0 Å². The van der Waals surface area contributed by atoms with Crippen molar-refractivity contribution in [1.82, 2.24) is 19.5 Å². The van der Waals surface area contributed by atoms with E-state index >= 15 is 0 Å². The predicted octanol–water partition coefficient (Wildman–Crippen LogP) is 10.0. The van der Waals surface area contributed by atoms with E-state index in [1.54, 1.807) is 6.07 Å². The Kier molecular flexibility index (Phi) is 6.44. The molecule has 6 heteroatoms. The van der Waals surface area contributed by atoms with Crippen LogP contribution in [0.15, 0.2) is 114 Å². The SMILES string of the molecule is Fc1ccc2c(c1)c1ccc(-c3cccc4c3SC3CCC=CC43)cc1n2-c1nc(C2=CC=CCC2)nc(C2C=CC=CC2)n1. The van der Waals surface area contributed by atoms with E-state index in [0.29, 0.717) is 22.9 Å². The summed E-state index contributed by atoms with van der Waals surface area (Å²) in [4.78, 5) is 16.6. The summed E-state index contributed by atoms with van der Waals surface area (Å²) in [6.07, 6.45) is 24.6. The van der Waals surface area contributed by atoms with Crippen LogP contribution in [0.4, 0.5) is 4.39 Å². The normalized spacial score (nSPS) is 21.8. The Morgan fingerprint density at radius 2 is 1.80 bits per heavy atom. The third kappa shape index (κ3) is 4.54. The smallest absolute Gasteiger partial charge is 0.238 e. The van der Waals surface area contributed by atoms with Crippen molar-refractivity contribution in [1.29, 1.82) is 0 Å². The van der Waals surface area contributed by atoms with Crippen LogP contribution in [-0.4, -0.2) is 24.8 Å². The molecule has 3 heterocycles. The molecule has 0 saturated carbocycles. The lowest BCUT2D eigenvalue weighted by atomic mass is 9.88. The summed E-state index contributed by atoms with van der Waals surface area (Å²) < 4.78 is 16.9. The van der Waals surface area contributed by atoms with Gasteiger partial charge in [-0.25, -0.2) is 9.37 Å². The van der Waals surface area contributed by atoms with E-state index in [2.05, 4.69) is 95.6 Å². The van der Waals surface area contributed by atoms with Crippen LogP contribution in [0.3, 0.4) is 0 Å². The van der Waals surface area contributed by atoms with Gasteiger partial charge in [-0.05, 0) is 78.6 Å². The molecule has 3 aliphatic carbocycles. The van der Waals surface area contributed by atoms with Gasteiger partial charge in [-0.3, -0.25) is 4.57 Å². The zero-order chi connectivity index (χ0) is 29.9. The molecule has 3 atom stereocenters. The molecule has 5 aromatic rings. The number of benzene rings is 3. The Morgan fingerprint density at radius 1 is 0.822 bits per heavy atom. The van der Waals surface area contributed by atoms with Crippen molar-refractivity contribution >= 4 is 39.1 Å². The third-order valence-corrected chi connectivity index (χ3v) is 11.1. The first kappa shape index (κ1) is 26.8. The highest BCUT2D eigenvalue weighted by Gasteiger charge is 2.34. The molecule has 4 nitrogen and oxygen atoms in total. The highest BCUT2D eigenvalue weighted by Crippen LogP contribution is 2.53. The lowest BCUT2D eigenvalue weighted by Gasteiger charge is -2.19. The summed E-state index contributed by atoms with van der Waals surface area (Å²) in [5.74, 6) is 2.33. The molecule has 9 rings (SSSR count). The van der Waals surface area contributed by atoms with Crippen molar-refractivity contribution in [3.8, 4) is 17.1 Å². The van der Waals surface area contributed by atoms with Crippen LogP contribution in [0.2, 0.25) is 0 Å². The minimum atomic E-state index is -0.256. The molecule has 0 saturated heterocycles. The molecule has 3 unspecified atom stereocenters. The van der Waals surface area contributed by atoms with Gasteiger partial charge in [-0.15, -0.1) is 11.8 Å². The number of thioether (sulfide) groups is 1. The first-order valence-corrected chi connectivity index (χ1v) is 16.8. The number of allylic oxidation sites excluding steroid dienone is 10. The van der Waals surface area contributed by atoms with Gasteiger partial charge in [0.1, 0.15) is 11.6 Å². The van der Waals surface area contributed by atoms with E-state index in [1.807, 2.05) is 17.8 Å². The average Bonchev–Trinajstić information content (AvgIpc) is 3.64. The van der Waals surface area contributed by atoms with Crippen LogP contribution in [0, 0.1) is 5.82 Å². The van der Waals surface area contributed by atoms with E-state index in [0.717, 1.165) is 64.5 Å². The molecule has 2 aromatic heterocycles. The molecule has 1 aliphatic heterocycles. The molecule has 3 aromatic carbocycles. The lowest BCUT2D eigenvalue weighted by molar-refractivity contribution is 0.629. The monoisotopic (exact) mass is 606 g/mol. The predicted molar refractivity (Wildman–Crippen MR) is 182 cm³/mol. The van der Waals surface area contributed by atoms with Gasteiger partial charge in [0.05, 0.1) is 11.0 Å². The molecule has 220 valence electrons. The Hall–Kier alpha value is -4.55. The molecule has 0 bridgehead atoms. The number of hydrogen-bond acceptors (Lipinski definition) is 4. The average molecular weight is 607 g/mol. The first-order valence-electron chi connectivity index (χ1n) is 15.9. The van der Waals surface area contributed by atoms with Crippen molar-refractivity contribution in [2.45, 2.75) is 54.1 Å². The fourth-order valence-corrected chi connectivity index (χ4v) is 8.89. The largest absolute Gasteiger partial charge is 0.278 e. The molecular weight excluding hydrogens is 576 g/mol. The van der Waals surface area contributed by atoms with Crippen molar-refractivity contribution in [3.63, 3.8) is 0 Å². The van der Waals surface area contributed by atoms with Gasteiger partial charge in [0.2, 0.25) is 5.95 Å².